The van der Waals surface area contributed by atoms with Crippen molar-refractivity contribution in [3.8, 4) is 22.5 Å². The Morgan fingerprint density at radius 2 is 1.17 bits per heavy atom. The number of hydrogen-bond acceptors (Lipinski definition) is 2. The lowest BCUT2D eigenvalue weighted by atomic mass is 10.0. The van der Waals surface area contributed by atoms with E-state index in [9.17, 15) is 0 Å². The van der Waals surface area contributed by atoms with Gasteiger partial charge in [-0.3, -0.25) is 0 Å². The molecular weight excluding hydrogens is 320 g/mol. The van der Waals surface area contributed by atoms with Crippen LogP contribution in [0.1, 0.15) is 5.76 Å². The van der Waals surface area contributed by atoms with Gasteiger partial charge in [-0.05, 0) is 54.5 Å². The van der Waals surface area contributed by atoms with Crippen LogP contribution in [0.3, 0.4) is 0 Å². The Hall–Kier alpha value is -1.71. The van der Waals surface area contributed by atoms with Crippen molar-refractivity contribution in [3.63, 3.8) is 0 Å². The molecule has 0 aliphatic carbocycles. The molecule has 0 atom stereocenters. The lowest BCUT2D eigenvalue weighted by molar-refractivity contribution is 0.532. The summed E-state index contributed by atoms with van der Waals surface area (Å²) in [5.41, 5.74) is 3.50. The Balaban J connectivity index is 2.00. The highest BCUT2D eigenvalue weighted by Gasteiger charge is 2.16. The standard InChI is InChI=1S/C20H19OS2/c1-14-12-17(15-4-8-18(22-2)9-5-15)13-20(21-14)16-6-10-19(23-3)11-7-16/h4-13H,1-3H3/q+1. The maximum Gasteiger partial charge on any atom is 0.360 e. The molecule has 0 radical (unpaired) electrons. The van der Waals surface area contributed by atoms with Gasteiger partial charge in [-0.1, -0.05) is 12.1 Å². The molecule has 3 aromatic rings. The molecule has 0 spiro atoms. The molecular formula is C20H19OS2+. The van der Waals surface area contributed by atoms with Crippen LogP contribution in [0.25, 0.3) is 22.5 Å². The van der Waals surface area contributed by atoms with E-state index in [1.54, 1.807) is 23.5 Å². The fraction of sp³-hybridized carbons (Fsp3) is 0.150. The Morgan fingerprint density at radius 3 is 1.70 bits per heavy atom. The third kappa shape index (κ3) is 3.80. The summed E-state index contributed by atoms with van der Waals surface area (Å²) in [6, 6.07) is 21.4. The van der Waals surface area contributed by atoms with Crippen LogP contribution < -0.4 is 0 Å². The van der Waals surface area contributed by atoms with Crippen molar-refractivity contribution in [2.45, 2.75) is 16.7 Å². The minimum Gasteiger partial charge on any atom is -0.213 e. The summed E-state index contributed by atoms with van der Waals surface area (Å²) >= 11 is 3.51. The van der Waals surface area contributed by atoms with E-state index >= 15 is 0 Å². The van der Waals surface area contributed by atoms with Gasteiger partial charge in [0.1, 0.15) is 0 Å². The van der Waals surface area contributed by atoms with Crippen LogP contribution in [-0.2, 0) is 0 Å². The summed E-state index contributed by atoms with van der Waals surface area (Å²) in [7, 11) is 0. The summed E-state index contributed by atoms with van der Waals surface area (Å²) in [4.78, 5) is 2.54. The SMILES string of the molecule is CSc1ccc(-c2cc(C)[o+]c(-c3ccc(SC)cc3)c2)cc1. The van der Waals surface area contributed by atoms with E-state index < -0.39 is 0 Å². The molecule has 0 fully saturated rings. The zero-order valence-electron chi connectivity index (χ0n) is 13.5. The first-order chi connectivity index (χ1) is 11.2. The summed E-state index contributed by atoms with van der Waals surface area (Å²) in [5.74, 6) is 1.82. The molecule has 116 valence electrons. The van der Waals surface area contributed by atoms with Crippen LogP contribution in [0, 0.1) is 6.92 Å². The molecule has 0 amide bonds. The highest BCUT2D eigenvalue weighted by Crippen LogP contribution is 2.30. The predicted molar refractivity (Wildman–Crippen MR) is 102 cm³/mol. The molecule has 0 aliphatic heterocycles. The predicted octanol–water partition coefficient (Wildman–Crippen LogP) is 6.65. The van der Waals surface area contributed by atoms with E-state index in [2.05, 4.69) is 73.2 Å². The van der Waals surface area contributed by atoms with Gasteiger partial charge in [0.05, 0.1) is 18.6 Å². The maximum atomic E-state index is 5.93. The fourth-order valence-electron chi connectivity index (χ4n) is 2.48. The Bertz CT molecular complexity index is 727. The zero-order valence-corrected chi connectivity index (χ0v) is 15.1. The molecule has 0 unspecified atom stereocenters. The van der Waals surface area contributed by atoms with Crippen molar-refractivity contribution in [2.24, 2.45) is 0 Å². The van der Waals surface area contributed by atoms with E-state index in [0.717, 1.165) is 17.1 Å². The van der Waals surface area contributed by atoms with Crippen molar-refractivity contribution in [2.75, 3.05) is 12.5 Å². The van der Waals surface area contributed by atoms with Gasteiger partial charge in [0.15, 0.2) is 0 Å². The number of aryl methyl sites for hydroxylation is 1. The second-order valence-corrected chi connectivity index (χ2v) is 7.04. The molecule has 23 heavy (non-hydrogen) atoms. The Labute approximate surface area is 146 Å². The average molecular weight is 340 g/mol. The molecule has 0 bridgehead atoms. The Kier molecular flexibility index (Phi) is 5.09. The van der Waals surface area contributed by atoms with Gasteiger partial charge < -0.3 is 0 Å². The third-order valence-corrected chi connectivity index (χ3v) is 5.20. The van der Waals surface area contributed by atoms with Gasteiger partial charge in [0.2, 0.25) is 0 Å². The fourth-order valence-corrected chi connectivity index (χ4v) is 3.30. The van der Waals surface area contributed by atoms with Gasteiger partial charge in [-0.15, -0.1) is 23.5 Å². The first-order valence-electron chi connectivity index (χ1n) is 7.43. The van der Waals surface area contributed by atoms with Crippen LogP contribution in [0.15, 0.2) is 74.9 Å². The second kappa shape index (κ2) is 7.24. The second-order valence-electron chi connectivity index (χ2n) is 5.28. The first-order valence-corrected chi connectivity index (χ1v) is 9.88. The van der Waals surface area contributed by atoms with Gasteiger partial charge in [-0.2, -0.15) is 0 Å². The molecule has 1 nitrogen and oxygen atoms in total. The van der Waals surface area contributed by atoms with Crippen LogP contribution in [0.4, 0.5) is 0 Å². The van der Waals surface area contributed by atoms with E-state index in [4.69, 9.17) is 4.42 Å². The normalized spacial score (nSPS) is 10.7. The molecule has 0 aliphatic rings. The number of benzene rings is 2. The molecule has 2 aromatic carbocycles. The van der Waals surface area contributed by atoms with Crippen molar-refractivity contribution >= 4 is 23.5 Å². The largest absolute Gasteiger partial charge is 0.360 e. The van der Waals surface area contributed by atoms with Crippen molar-refractivity contribution in [3.05, 3.63) is 66.4 Å². The molecule has 1 heterocycles. The van der Waals surface area contributed by atoms with Crippen molar-refractivity contribution < 1.29 is 4.42 Å². The van der Waals surface area contributed by atoms with Gasteiger partial charge in [-0.25, -0.2) is 4.42 Å². The summed E-state index contributed by atoms with van der Waals surface area (Å²) in [6.45, 7) is 2.00. The van der Waals surface area contributed by atoms with E-state index in [1.807, 2.05) is 6.92 Å². The highest BCUT2D eigenvalue weighted by molar-refractivity contribution is 7.98. The van der Waals surface area contributed by atoms with Crippen LogP contribution >= 0.6 is 23.5 Å². The quantitative estimate of drug-likeness (QED) is 0.390. The topological polar surface area (TPSA) is 11.3 Å². The minimum atomic E-state index is 0.904. The van der Waals surface area contributed by atoms with Crippen LogP contribution in [-0.4, -0.2) is 12.5 Å². The van der Waals surface area contributed by atoms with Gasteiger partial charge >= 0.3 is 11.5 Å². The maximum absolute atomic E-state index is 5.93. The lowest BCUT2D eigenvalue weighted by Gasteiger charge is -2.03. The van der Waals surface area contributed by atoms with Crippen LogP contribution in [0.5, 0.6) is 0 Å². The lowest BCUT2D eigenvalue weighted by Crippen LogP contribution is -1.85. The average Bonchev–Trinajstić information content (AvgIpc) is 2.61. The van der Waals surface area contributed by atoms with Crippen LogP contribution in [0.2, 0.25) is 0 Å². The smallest absolute Gasteiger partial charge is 0.213 e. The Morgan fingerprint density at radius 1 is 0.652 bits per heavy atom. The molecule has 0 saturated carbocycles. The van der Waals surface area contributed by atoms with Crippen molar-refractivity contribution in [1.82, 2.24) is 0 Å². The first kappa shape index (κ1) is 16.2. The monoisotopic (exact) mass is 339 g/mol. The molecule has 1 aromatic heterocycles. The minimum absolute atomic E-state index is 0.904. The van der Waals surface area contributed by atoms with Gasteiger partial charge in [0.25, 0.3) is 0 Å². The molecule has 0 N–H and O–H groups in total. The number of rotatable bonds is 4. The third-order valence-electron chi connectivity index (χ3n) is 3.71. The van der Waals surface area contributed by atoms with E-state index in [1.165, 1.54) is 20.9 Å². The van der Waals surface area contributed by atoms with Gasteiger partial charge in [0, 0.05) is 21.4 Å². The molecule has 0 saturated heterocycles. The molecule has 3 heteroatoms. The zero-order chi connectivity index (χ0) is 16.2. The summed E-state index contributed by atoms with van der Waals surface area (Å²) < 4.78 is 5.93. The summed E-state index contributed by atoms with van der Waals surface area (Å²) in [5, 5.41) is 0. The number of hydrogen-bond donors (Lipinski definition) is 0. The van der Waals surface area contributed by atoms with E-state index in [-0.39, 0.29) is 0 Å². The number of thioether (sulfide) groups is 2. The summed E-state index contributed by atoms with van der Waals surface area (Å²) in [6.07, 6.45) is 4.18. The molecule has 3 rings (SSSR count). The van der Waals surface area contributed by atoms with E-state index in [0.29, 0.717) is 0 Å². The van der Waals surface area contributed by atoms with Crippen molar-refractivity contribution in [1.29, 1.82) is 0 Å². The highest BCUT2D eigenvalue weighted by atomic mass is 32.2.